The Labute approximate surface area is 128 Å². The van der Waals surface area contributed by atoms with E-state index < -0.39 is 42.4 Å². The monoisotopic (exact) mass is 338 g/mol. The lowest BCUT2D eigenvalue weighted by Crippen LogP contribution is -2.50. The van der Waals surface area contributed by atoms with Crippen LogP contribution in [0.2, 0.25) is 0 Å². The van der Waals surface area contributed by atoms with Crippen LogP contribution in [0.4, 0.5) is 17.6 Å². The van der Waals surface area contributed by atoms with Crippen molar-refractivity contribution < 1.29 is 37.0 Å². The van der Waals surface area contributed by atoms with E-state index in [9.17, 15) is 27.2 Å². The average Bonchev–Trinajstić information content (AvgIpc) is 2.43. The predicted octanol–water partition coefficient (Wildman–Crippen LogP) is 1.06. The summed E-state index contributed by atoms with van der Waals surface area (Å²) in [4.78, 5) is 22.6. The highest BCUT2D eigenvalue weighted by atomic mass is 19.4. The van der Waals surface area contributed by atoms with Crippen molar-refractivity contribution in [2.45, 2.75) is 25.1 Å². The van der Waals surface area contributed by atoms with Gasteiger partial charge in [-0.3, -0.25) is 20.4 Å². The molecule has 0 aliphatic heterocycles. The predicted molar refractivity (Wildman–Crippen MR) is 69.5 cm³/mol. The van der Waals surface area contributed by atoms with Crippen molar-refractivity contribution in [3.8, 4) is 5.75 Å². The first-order valence-electron chi connectivity index (χ1n) is 6.26. The Morgan fingerprint density at radius 1 is 1.13 bits per heavy atom. The van der Waals surface area contributed by atoms with Gasteiger partial charge in [0.1, 0.15) is 11.6 Å². The second-order valence-corrected chi connectivity index (χ2v) is 4.79. The molecule has 0 aliphatic carbocycles. The summed E-state index contributed by atoms with van der Waals surface area (Å²) < 4.78 is 54.7. The highest BCUT2D eigenvalue weighted by Crippen LogP contribution is 2.32. The Bertz CT molecular complexity index is 558. The molecule has 1 atom stereocenters. The van der Waals surface area contributed by atoms with Gasteiger partial charge in [-0.15, -0.1) is 0 Å². The maximum atomic E-state index is 12.6. The molecule has 0 aliphatic rings. The van der Waals surface area contributed by atoms with Crippen LogP contribution >= 0.6 is 0 Å². The van der Waals surface area contributed by atoms with Crippen molar-refractivity contribution >= 4 is 11.8 Å². The van der Waals surface area contributed by atoms with Gasteiger partial charge in [-0.05, 0) is 31.2 Å². The van der Waals surface area contributed by atoms with Crippen LogP contribution in [0.25, 0.3) is 0 Å². The minimum atomic E-state index is -4.99. The van der Waals surface area contributed by atoms with Gasteiger partial charge in [-0.2, -0.15) is 13.2 Å². The van der Waals surface area contributed by atoms with E-state index in [-0.39, 0.29) is 5.75 Å². The first-order chi connectivity index (χ1) is 10.5. The van der Waals surface area contributed by atoms with Crippen LogP contribution in [0.1, 0.15) is 13.3 Å². The number of hydrogen-bond acceptors (Lipinski definition) is 4. The molecule has 1 rings (SSSR count). The van der Waals surface area contributed by atoms with Gasteiger partial charge in [-0.1, -0.05) is 0 Å². The molecular formula is C13H14F4N2O4. The molecule has 0 heterocycles. The van der Waals surface area contributed by atoms with Crippen LogP contribution < -0.4 is 15.6 Å². The Morgan fingerprint density at radius 3 is 2.17 bits per heavy atom. The van der Waals surface area contributed by atoms with Gasteiger partial charge in [0.2, 0.25) is 5.91 Å². The molecule has 1 aromatic rings. The zero-order chi connectivity index (χ0) is 17.7. The minimum Gasteiger partial charge on any atom is -0.484 e. The number of aliphatic hydroxyl groups is 1. The van der Waals surface area contributed by atoms with Gasteiger partial charge < -0.3 is 9.84 Å². The quantitative estimate of drug-likeness (QED) is 0.553. The molecule has 0 saturated carbocycles. The van der Waals surface area contributed by atoms with Crippen LogP contribution in [-0.2, 0) is 9.59 Å². The third-order valence-electron chi connectivity index (χ3n) is 2.64. The number of rotatable bonds is 5. The molecule has 0 saturated heterocycles. The van der Waals surface area contributed by atoms with Gasteiger partial charge in [0.05, 0.1) is 6.42 Å². The van der Waals surface area contributed by atoms with Crippen molar-refractivity contribution in [1.82, 2.24) is 10.9 Å². The summed E-state index contributed by atoms with van der Waals surface area (Å²) in [5.74, 6) is -2.39. The number of nitrogens with one attached hydrogen (secondary N) is 2. The number of ether oxygens (including phenoxy) is 1. The molecule has 128 valence electrons. The van der Waals surface area contributed by atoms with E-state index in [1.807, 2.05) is 5.43 Å². The molecule has 0 aromatic heterocycles. The van der Waals surface area contributed by atoms with Crippen LogP contribution in [0, 0.1) is 5.82 Å². The van der Waals surface area contributed by atoms with Gasteiger partial charge in [0, 0.05) is 0 Å². The van der Waals surface area contributed by atoms with Crippen molar-refractivity contribution in [1.29, 1.82) is 0 Å². The summed E-state index contributed by atoms with van der Waals surface area (Å²) in [6, 6.07) is 4.74. The largest absolute Gasteiger partial charge is 0.484 e. The zero-order valence-electron chi connectivity index (χ0n) is 11.9. The van der Waals surface area contributed by atoms with Crippen LogP contribution in [0.15, 0.2) is 24.3 Å². The molecule has 0 unspecified atom stereocenters. The Kier molecular flexibility index (Phi) is 5.91. The van der Waals surface area contributed by atoms with Crippen molar-refractivity contribution in [2.24, 2.45) is 0 Å². The number of hydrogen-bond donors (Lipinski definition) is 3. The van der Waals surface area contributed by atoms with Crippen LogP contribution in [-0.4, -0.2) is 35.3 Å². The van der Waals surface area contributed by atoms with Gasteiger partial charge >= 0.3 is 6.18 Å². The molecule has 3 N–H and O–H groups in total. The maximum Gasteiger partial charge on any atom is 0.417 e. The van der Waals surface area contributed by atoms with Gasteiger partial charge in [-0.25, -0.2) is 4.39 Å². The van der Waals surface area contributed by atoms with Crippen LogP contribution in [0.3, 0.4) is 0 Å². The highest BCUT2D eigenvalue weighted by Gasteiger charge is 2.51. The number of amides is 2. The molecule has 0 bridgehead atoms. The normalized spacial score (nSPS) is 13.8. The van der Waals surface area contributed by atoms with E-state index in [4.69, 9.17) is 9.84 Å². The third-order valence-corrected chi connectivity index (χ3v) is 2.64. The van der Waals surface area contributed by atoms with Crippen LogP contribution in [0.5, 0.6) is 5.75 Å². The number of halogens is 4. The van der Waals surface area contributed by atoms with E-state index >= 15 is 0 Å². The number of carbonyl (C=O) groups is 2. The second-order valence-electron chi connectivity index (χ2n) is 4.79. The molecule has 1 aromatic carbocycles. The molecule has 0 radical (unpaired) electrons. The smallest absolute Gasteiger partial charge is 0.417 e. The lowest BCUT2D eigenvalue weighted by molar-refractivity contribution is -0.253. The molecule has 23 heavy (non-hydrogen) atoms. The van der Waals surface area contributed by atoms with E-state index in [0.29, 0.717) is 6.92 Å². The van der Waals surface area contributed by atoms with Crippen molar-refractivity contribution in [3.05, 3.63) is 30.1 Å². The average molecular weight is 338 g/mol. The van der Waals surface area contributed by atoms with E-state index in [1.54, 1.807) is 5.43 Å². The number of alkyl halides is 3. The first-order valence-corrected chi connectivity index (χ1v) is 6.26. The summed E-state index contributed by atoms with van der Waals surface area (Å²) >= 11 is 0. The fraction of sp³-hybridized carbons (Fsp3) is 0.385. The number of hydrazine groups is 1. The lowest BCUT2D eigenvalue weighted by Gasteiger charge is -2.25. The molecule has 10 heteroatoms. The van der Waals surface area contributed by atoms with Crippen molar-refractivity contribution in [3.63, 3.8) is 0 Å². The number of carbonyl (C=O) groups excluding carboxylic acids is 2. The fourth-order valence-electron chi connectivity index (χ4n) is 1.31. The standard InChI is InChI=1S/C13H14F4N2O4/c1-12(22,13(15,16)17)6-10(20)18-19-11(21)7-23-9-4-2-8(14)3-5-9/h2-5,22H,6-7H2,1H3,(H,18,20)(H,19,21)/t12-/m0/s1. The Hall–Kier alpha value is -2.36. The summed E-state index contributed by atoms with van der Waals surface area (Å²) in [5.41, 5.74) is 0.324. The molecular weight excluding hydrogens is 324 g/mol. The Balaban J connectivity index is 2.35. The molecule has 2 amide bonds. The summed E-state index contributed by atoms with van der Waals surface area (Å²) in [5, 5.41) is 9.11. The fourth-order valence-corrected chi connectivity index (χ4v) is 1.31. The maximum absolute atomic E-state index is 12.6. The summed E-state index contributed by atoms with van der Waals surface area (Å²) in [7, 11) is 0. The zero-order valence-corrected chi connectivity index (χ0v) is 11.9. The summed E-state index contributed by atoms with van der Waals surface area (Å²) in [6.07, 6.45) is -6.27. The van der Waals surface area contributed by atoms with E-state index in [0.717, 1.165) is 12.1 Å². The molecule has 0 spiro atoms. The topological polar surface area (TPSA) is 87.7 Å². The van der Waals surface area contributed by atoms with Gasteiger partial charge in [0.15, 0.2) is 12.2 Å². The first kappa shape index (κ1) is 18.7. The third kappa shape index (κ3) is 6.10. The Morgan fingerprint density at radius 2 is 1.65 bits per heavy atom. The minimum absolute atomic E-state index is 0.188. The van der Waals surface area contributed by atoms with Gasteiger partial charge in [0.25, 0.3) is 5.91 Å². The lowest BCUT2D eigenvalue weighted by atomic mass is 10.0. The second kappa shape index (κ2) is 7.27. The SMILES string of the molecule is C[C@](O)(CC(=O)NNC(=O)COc1ccc(F)cc1)C(F)(F)F. The molecule has 6 nitrogen and oxygen atoms in total. The van der Waals surface area contributed by atoms with Crippen molar-refractivity contribution in [2.75, 3.05) is 6.61 Å². The van der Waals surface area contributed by atoms with E-state index in [2.05, 4.69) is 0 Å². The number of benzene rings is 1. The summed E-state index contributed by atoms with van der Waals surface area (Å²) in [6.45, 7) is -0.117. The van der Waals surface area contributed by atoms with E-state index in [1.165, 1.54) is 12.1 Å². The molecule has 0 fully saturated rings. The highest BCUT2D eigenvalue weighted by molar-refractivity contribution is 5.83.